The molecule has 0 amide bonds. The molecule has 4 aromatic rings. The molecular formula is C21H22F5N5O3S2. The first kappa shape index (κ1) is 26.2. The van der Waals surface area contributed by atoms with Gasteiger partial charge in [0.15, 0.2) is 28.2 Å². The molecule has 0 fully saturated rings. The van der Waals surface area contributed by atoms with Crippen LogP contribution in [0.1, 0.15) is 0 Å². The summed E-state index contributed by atoms with van der Waals surface area (Å²) in [6.07, 6.45) is 9.24. The quantitative estimate of drug-likeness (QED) is 0.154. The highest BCUT2D eigenvalue weighted by Crippen LogP contribution is 2.35. The number of aromatic nitrogens is 4. The van der Waals surface area contributed by atoms with Gasteiger partial charge < -0.3 is 14.6 Å². The average molecular weight is 552 g/mol. The van der Waals surface area contributed by atoms with E-state index in [4.69, 9.17) is 4.74 Å². The minimum atomic E-state index is -5.38. The van der Waals surface area contributed by atoms with Crippen LogP contribution in [0.4, 0.5) is 27.9 Å². The van der Waals surface area contributed by atoms with Crippen LogP contribution >= 0.6 is 10.0 Å². The van der Waals surface area contributed by atoms with Crippen molar-refractivity contribution >= 4 is 48.1 Å². The summed E-state index contributed by atoms with van der Waals surface area (Å²) in [5.74, 6) is -11.7. The van der Waals surface area contributed by atoms with Gasteiger partial charge in [0.25, 0.3) is 10.0 Å². The zero-order valence-corrected chi connectivity index (χ0v) is 21.2. The molecule has 3 heterocycles. The second-order valence-electron chi connectivity index (χ2n) is 8.70. The van der Waals surface area contributed by atoms with Gasteiger partial charge in [-0.15, -0.1) is 0 Å². The van der Waals surface area contributed by atoms with Crippen molar-refractivity contribution in [2.24, 2.45) is 0 Å². The number of imidazole rings is 1. The predicted molar refractivity (Wildman–Crippen MR) is 128 cm³/mol. The van der Waals surface area contributed by atoms with Crippen LogP contribution in [-0.4, -0.2) is 65.1 Å². The van der Waals surface area contributed by atoms with Gasteiger partial charge in [-0.3, -0.25) is 0 Å². The smallest absolute Gasteiger partial charge is 0.277 e. The molecule has 3 aromatic heterocycles. The molecule has 1 aromatic carbocycles. The number of nitrogens with one attached hydrogen (secondary N) is 1. The third-order valence-corrected chi connectivity index (χ3v) is 8.43. The predicted octanol–water partition coefficient (Wildman–Crippen LogP) is 4.03. The molecule has 0 spiro atoms. The standard InChI is InChI=1S/C21H22F5N5O3S2/c1-27-21-29-12-9-28-20-11(5-6-30(20)10-34-7-8-35(2,3)4)18(12)31(21)36(32,33)19-16(25)14(23)13(22)15(24)17(19)26/h5-6,9H,7-8,10H2,1-4H3,(H,27,29). The van der Waals surface area contributed by atoms with E-state index in [0.29, 0.717) is 10.6 Å². The van der Waals surface area contributed by atoms with E-state index in [1.807, 2.05) is 0 Å². The summed E-state index contributed by atoms with van der Waals surface area (Å²) in [6.45, 7) is 0.576. The summed E-state index contributed by atoms with van der Waals surface area (Å²) in [7, 11) is -4.87. The molecule has 36 heavy (non-hydrogen) atoms. The van der Waals surface area contributed by atoms with Gasteiger partial charge in [0, 0.05) is 24.4 Å². The Morgan fingerprint density at radius 3 is 2.19 bits per heavy atom. The van der Waals surface area contributed by atoms with Crippen molar-refractivity contribution in [1.29, 1.82) is 0 Å². The molecule has 0 unspecified atom stereocenters. The molecule has 0 atom stereocenters. The molecule has 196 valence electrons. The van der Waals surface area contributed by atoms with E-state index in [1.165, 1.54) is 19.3 Å². The first-order chi connectivity index (χ1) is 16.8. The second-order valence-corrected chi connectivity index (χ2v) is 15.0. The van der Waals surface area contributed by atoms with Crippen LogP contribution in [0.25, 0.3) is 22.1 Å². The Labute approximate surface area is 204 Å². The Morgan fingerprint density at radius 2 is 1.61 bits per heavy atom. The fourth-order valence-electron chi connectivity index (χ4n) is 3.54. The summed E-state index contributed by atoms with van der Waals surface area (Å²) in [5.41, 5.74) is 0.113. The zero-order valence-electron chi connectivity index (χ0n) is 19.6. The van der Waals surface area contributed by atoms with Gasteiger partial charge in [-0.25, -0.2) is 50.4 Å². The van der Waals surface area contributed by atoms with E-state index in [2.05, 4.69) is 34.1 Å². The molecule has 1 N–H and O–H groups in total. The van der Waals surface area contributed by atoms with Crippen LogP contribution < -0.4 is 5.32 Å². The van der Waals surface area contributed by atoms with Crippen molar-refractivity contribution < 1.29 is 35.1 Å². The van der Waals surface area contributed by atoms with E-state index in [-0.39, 0.29) is 28.8 Å². The highest BCUT2D eigenvalue weighted by atomic mass is 32.3. The fraction of sp³-hybridized carbons (Fsp3) is 0.333. The Morgan fingerprint density at radius 1 is 1.00 bits per heavy atom. The number of ether oxygens (including phenoxy) is 1. The van der Waals surface area contributed by atoms with Gasteiger partial charge in [0.1, 0.15) is 17.9 Å². The Balaban J connectivity index is 1.90. The Hall–Kier alpha value is -2.91. The molecule has 4 rings (SSSR count). The van der Waals surface area contributed by atoms with Gasteiger partial charge in [-0.05, 0) is 24.8 Å². The maximum absolute atomic E-state index is 14.5. The van der Waals surface area contributed by atoms with Crippen LogP contribution in [0.15, 0.2) is 23.4 Å². The van der Waals surface area contributed by atoms with Crippen molar-refractivity contribution in [3.8, 4) is 0 Å². The van der Waals surface area contributed by atoms with Gasteiger partial charge in [0.2, 0.25) is 11.8 Å². The molecule has 0 bridgehead atoms. The number of benzene rings is 1. The van der Waals surface area contributed by atoms with Gasteiger partial charge >= 0.3 is 0 Å². The number of fused-ring (bicyclic) bond motifs is 3. The lowest BCUT2D eigenvalue weighted by Crippen LogP contribution is -2.21. The topological polar surface area (TPSA) is 91.0 Å². The highest BCUT2D eigenvalue weighted by molar-refractivity contribution is 8.32. The number of hydrogen-bond donors (Lipinski definition) is 1. The number of anilines is 1. The molecule has 8 nitrogen and oxygen atoms in total. The van der Waals surface area contributed by atoms with E-state index in [1.54, 1.807) is 10.8 Å². The summed E-state index contributed by atoms with van der Waals surface area (Å²) < 4.78 is 105. The number of halogens is 5. The highest BCUT2D eigenvalue weighted by Gasteiger charge is 2.37. The molecule has 0 radical (unpaired) electrons. The molecule has 0 aliphatic heterocycles. The van der Waals surface area contributed by atoms with Gasteiger partial charge in [-0.1, -0.05) is 0 Å². The van der Waals surface area contributed by atoms with Crippen LogP contribution in [0, 0.1) is 29.1 Å². The Kier molecular flexibility index (Phi) is 6.68. The van der Waals surface area contributed by atoms with E-state index < -0.39 is 60.0 Å². The number of nitrogens with zero attached hydrogens (tertiary/aromatic N) is 4. The third-order valence-electron chi connectivity index (χ3n) is 5.32. The summed E-state index contributed by atoms with van der Waals surface area (Å²) in [4.78, 5) is 6.37. The summed E-state index contributed by atoms with van der Waals surface area (Å²) in [5, 5.41) is 2.68. The maximum Gasteiger partial charge on any atom is 0.277 e. The molecule has 0 aliphatic carbocycles. The second kappa shape index (κ2) is 9.19. The van der Waals surface area contributed by atoms with Crippen molar-refractivity contribution in [3.63, 3.8) is 0 Å². The first-order valence-electron chi connectivity index (χ1n) is 10.3. The largest absolute Gasteiger partial charge is 0.360 e. The SMILES string of the molecule is CNc1nc2cnc3c(ccn3COCCS(C)(C)C)c2n1S(=O)(=O)c1c(F)c(F)c(F)c(F)c1F. The van der Waals surface area contributed by atoms with E-state index in [0.717, 1.165) is 5.75 Å². The van der Waals surface area contributed by atoms with Crippen LogP contribution in [-0.2, 0) is 21.5 Å². The van der Waals surface area contributed by atoms with Crippen LogP contribution in [0.2, 0.25) is 0 Å². The fourth-order valence-corrected chi connectivity index (χ4v) is 5.77. The average Bonchev–Trinajstić information content (AvgIpc) is 3.39. The number of pyridine rings is 1. The van der Waals surface area contributed by atoms with Crippen molar-refractivity contribution in [2.75, 3.05) is 43.5 Å². The minimum absolute atomic E-state index is 0.00861. The first-order valence-corrected chi connectivity index (χ1v) is 14.8. The molecule has 15 heteroatoms. The van der Waals surface area contributed by atoms with E-state index in [9.17, 15) is 30.4 Å². The van der Waals surface area contributed by atoms with Crippen LogP contribution in [0.3, 0.4) is 0 Å². The molecule has 0 aliphatic rings. The molecular weight excluding hydrogens is 529 g/mol. The van der Waals surface area contributed by atoms with Crippen LogP contribution in [0.5, 0.6) is 0 Å². The van der Waals surface area contributed by atoms with Crippen molar-refractivity contribution in [1.82, 2.24) is 18.5 Å². The van der Waals surface area contributed by atoms with Crippen molar-refractivity contribution in [3.05, 3.63) is 47.5 Å². The lowest BCUT2D eigenvalue weighted by molar-refractivity contribution is 0.0924. The zero-order chi connectivity index (χ0) is 26.6. The minimum Gasteiger partial charge on any atom is -0.360 e. The lowest BCUT2D eigenvalue weighted by Gasteiger charge is -2.24. The van der Waals surface area contributed by atoms with Gasteiger partial charge in [0.05, 0.1) is 18.3 Å². The van der Waals surface area contributed by atoms with Gasteiger partial charge in [-0.2, -0.15) is 3.97 Å². The lowest BCUT2D eigenvalue weighted by atomic mass is 10.3. The Bertz CT molecular complexity index is 1570. The summed E-state index contributed by atoms with van der Waals surface area (Å²) in [6, 6.07) is 1.49. The monoisotopic (exact) mass is 551 g/mol. The van der Waals surface area contributed by atoms with E-state index >= 15 is 0 Å². The number of hydrogen-bond acceptors (Lipinski definition) is 6. The third kappa shape index (κ3) is 4.28. The number of rotatable bonds is 8. The molecule has 0 saturated heterocycles. The normalized spacial score (nSPS) is 13.1. The summed E-state index contributed by atoms with van der Waals surface area (Å²) >= 11 is 0. The molecule has 0 saturated carbocycles. The maximum atomic E-state index is 14.5. The van der Waals surface area contributed by atoms with Crippen molar-refractivity contribution in [2.45, 2.75) is 11.6 Å².